The molecule has 1 aromatic carbocycles. The third-order valence-corrected chi connectivity index (χ3v) is 4.71. The largest absolute Gasteiger partial charge is 0.347 e. The lowest BCUT2D eigenvalue weighted by Gasteiger charge is -2.46. The highest BCUT2D eigenvalue weighted by atomic mass is 16.7. The molecule has 1 aromatic rings. The van der Waals surface area contributed by atoms with E-state index in [0.717, 1.165) is 5.56 Å². The van der Waals surface area contributed by atoms with Gasteiger partial charge in [0, 0.05) is 23.2 Å². The molecule has 0 bridgehead atoms. The molecule has 1 spiro atoms. The Morgan fingerprint density at radius 1 is 1.19 bits per heavy atom. The van der Waals surface area contributed by atoms with Gasteiger partial charge in [-0.25, -0.2) is 0 Å². The molecule has 0 amide bonds. The van der Waals surface area contributed by atoms with E-state index in [0.29, 0.717) is 26.1 Å². The van der Waals surface area contributed by atoms with Crippen LogP contribution in [0.2, 0.25) is 0 Å². The lowest BCUT2D eigenvalue weighted by molar-refractivity contribution is -0.553. The Labute approximate surface area is 124 Å². The van der Waals surface area contributed by atoms with Crippen LogP contribution in [-0.2, 0) is 9.47 Å². The van der Waals surface area contributed by atoms with Crippen molar-refractivity contribution in [2.24, 2.45) is 5.41 Å². The van der Waals surface area contributed by atoms with Crippen LogP contribution in [0, 0.1) is 15.5 Å². The summed E-state index contributed by atoms with van der Waals surface area (Å²) in [6, 6.07) is 9.08. The van der Waals surface area contributed by atoms with Crippen molar-refractivity contribution in [3.8, 4) is 0 Å². The van der Waals surface area contributed by atoms with E-state index in [1.54, 1.807) is 0 Å². The quantitative estimate of drug-likeness (QED) is 0.621. The molecule has 1 aliphatic heterocycles. The Morgan fingerprint density at radius 2 is 1.81 bits per heavy atom. The van der Waals surface area contributed by atoms with Gasteiger partial charge in [0.05, 0.1) is 19.1 Å². The SMILES string of the molecule is CC1(C)CC2(C[C@H](c3ccccc3)[C@H]1[N+](=O)[O-])OCCO2. The monoisotopic (exact) mass is 291 g/mol. The van der Waals surface area contributed by atoms with Gasteiger partial charge in [0.15, 0.2) is 5.79 Å². The molecule has 0 radical (unpaired) electrons. The van der Waals surface area contributed by atoms with Crippen LogP contribution in [0.3, 0.4) is 0 Å². The summed E-state index contributed by atoms with van der Waals surface area (Å²) in [6.07, 6.45) is 1.11. The van der Waals surface area contributed by atoms with Crippen molar-refractivity contribution in [1.29, 1.82) is 0 Å². The summed E-state index contributed by atoms with van der Waals surface area (Å²) in [5.74, 6) is -0.848. The highest BCUT2D eigenvalue weighted by molar-refractivity contribution is 5.24. The Hall–Kier alpha value is -1.46. The molecule has 2 atom stereocenters. The molecule has 5 nitrogen and oxygen atoms in total. The molecule has 1 aliphatic carbocycles. The van der Waals surface area contributed by atoms with Crippen molar-refractivity contribution >= 4 is 0 Å². The van der Waals surface area contributed by atoms with Gasteiger partial charge in [-0.2, -0.15) is 0 Å². The fraction of sp³-hybridized carbons (Fsp3) is 0.625. The van der Waals surface area contributed by atoms with Gasteiger partial charge in [0.2, 0.25) is 6.04 Å². The van der Waals surface area contributed by atoms with Crippen LogP contribution in [-0.4, -0.2) is 30.0 Å². The van der Waals surface area contributed by atoms with Gasteiger partial charge in [-0.1, -0.05) is 44.2 Å². The minimum absolute atomic E-state index is 0.126. The summed E-state index contributed by atoms with van der Waals surface area (Å²) in [4.78, 5) is 11.6. The summed E-state index contributed by atoms with van der Waals surface area (Å²) < 4.78 is 11.7. The molecule has 21 heavy (non-hydrogen) atoms. The minimum atomic E-state index is -0.656. The van der Waals surface area contributed by atoms with E-state index < -0.39 is 17.2 Å². The average molecular weight is 291 g/mol. The van der Waals surface area contributed by atoms with Gasteiger partial charge < -0.3 is 9.47 Å². The molecule has 0 N–H and O–H groups in total. The first kappa shape index (κ1) is 14.5. The zero-order valence-electron chi connectivity index (χ0n) is 12.5. The van der Waals surface area contributed by atoms with E-state index in [2.05, 4.69) is 0 Å². The molecule has 0 unspecified atom stereocenters. The van der Waals surface area contributed by atoms with Crippen LogP contribution < -0.4 is 0 Å². The third kappa shape index (κ3) is 2.56. The second-order valence-electron chi connectivity index (χ2n) is 6.72. The number of rotatable bonds is 2. The fourth-order valence-corrected chi connectivity index (χ4v) is 4.01. The van der Waals surface area contributed by atoms with Crippen LogP contribution in [0.5, 0.6) is 0 Å². The predicted octanol–water partition coefficient (Wildman–Crippen LogP) is 2.98. The van der Waals surface area contributed by atoms with Crippen LogP contribution in [0.1, 0.15) is 38.2 Å². The van der Waals surface area contributed by atoms with Gasteiger partial charge in [-0.05, 0) is 5.56 Å². The third-order valence-electron chi connectivity index (χ3n) is 4.71. The van der Waals surface area contributed by atoms with Crippen molar-refractivity contribution in [2.45, 2.75) is 44.4 Å². The van der Waals surface area contributed by atoms with Crippen LogP contribution in [0.25, 0.3) is 0 Å². The highest BCUT2D eigenvalue weighted by Crippen LogP contribution is 2.52. The van der Waals surface area contributed by atoms with Crippen molar-refractivity contribution in [1.82, 2.24) is 0 Å². The normalized spacial score (nSPS) is 30.4. The Morgan fingerprint density at radius 3 is 2.38 bits per heavy atom. The zero-order valence-corrected chi connectivity index (χ0v) is 12.5. The first-order valence-electron chi connectivity index (χ1n) is 7.40. The minimum Gasteiger partial charge on any atom is -0.347 e. The smallest absolute Gasteiger partial charge is 0.225 e. The van der Waals surface area contributed by atoms with Gasteiger partial charge in [-0.15, -0.1) is 0 Å². The molecule has 114 valence electrons. The Bertz CT molecular complexity index is 522. The molecule has 1 saturated heterocycles. The van der Waals surface area contributed by atoms with E-state index in [1.807, 2.05) is 44.2 Å². The number of nitro groups is 1. The van der Waals surface area contributed by atoms with Crippen LogP contribution in [0.15, 0.2) is 30.3 Å². The van der Waals surface area contributed by atoms with Gasteiger partial charge in [0.25, 0.3) is 0 Å². The first-order valence-corrected chi connectivity index (χ1v) is 7.40. The van der Waals surface area contributed by atoms with Crippen LogP contribution in [0.4, 0.5) is 0 Å². The molecular formula is C16H21NO4. The fourth-order valence-electron chi connectivity index (χ4n) is 4.01. The van der Waals surface area contributed by atoms with E-state index in [-0.39, 0.29) is 10.8 Å². The Kier molecular flexibility index (Phi) is 3.50. The second kappa shape index (κ2) is 5.07. The molecule has 1 saturated carbocycles. The second-order valence-corrected chi connectivity index (χ2v) is 6.72. The molecule has 2 fully saturated rings. The molecule has 0 aromatic heterocycles. The number of hydrogen-bond donors (Lipinski definition) is 0. The summed E-state index contributed by atoms with van der Waals surface area (Å²) >= 11 is 0. The van der Waals surface area contributed by atoms with Crippen molar-refractivity contribution in [3.63, 3.8) is 0 Å². The van der Waals surface area contributed by atoms with Crippen molar-refractivity contribution < 1.29 is 14.4 Å². The van der Waals surface area contributed by atoms with Crippen molar-refractivity contribution in [3.05, 3.63) is 46.0 Å². The lowest BCUT2D eigenvalue weighted by Crippen LogP contribution is -2.53. The summed E-state index contributed by atoms with van der Waals surface area (Å²) in [6.45, 7) is 5.03. The molecule has 2 aliphatic rings. The zero-order chi connectivity index (χ0) is 15.1. The van der Waals surface area contributed by atoms with Gasteiger partial charge in [0.1, 0.15) is 0 Å². The first-order chi connectivity index (χ1) is 9.94. The van der Waals surface area contributed by atoms with Crippen molar-refractivity contribution in [2.75, 3.05) is 13.2 Å². The maximum Gasteiger partial charge on any atom is 0.225 e. The standard InChI is InChI=1S/C16H21NO4/c1-15(2)11-16(20-8-9-21-16)10-13(14(15)17(18)19)12-6-4-3-5-7-12/h3-7,13-14H,8-11H2,1-2H3/t13-,14-/m1/s1. The lowest BCUT2D eigenvalue weighted by atomic mass is 9.64. The average Bonchev–Trinajstić information content (AvgIpc) is 2.85. The summed E-state index contributed by atoms with van der Waals surface area (Å²) in [5.41, 5.74) is 0.512. The maximum absolute atomic E-state index is 11.7. The van der Waals surface area contributed by atoms with Crippen LogP contribution >= 0.6 is 0 Å². The van der Waals surface area contributed by atoms with E-state index in [9.17, 15) is 10.1 Å². The molecule has 5 heteroatoms. The number of hydrogen-bond acceptors (Lipinski definition) is 4. The summed E-state index contributed by atoms with van der Waals surface area (Å²) in [5, 5.41) is 11.7. The number of ether oxygens (including phenoxy) is 2. The maximum atomic E-state index is 11.7. The number of benzene rings is 1. The predicted molar refractivity (Wildman–Crippen MR) is 77.6 cm³/mol. The summed E-state index contributed by atoms with van der Waals surface area (Å²) in [7, 11) is 0. The van der Waals surface area contributed by atoms with Gasteiger partial charge >= 0.3 is 0 Å². The topological polar surface area (TPSA) is 61.6 Å². The Balaban J connectivity index is 2.01. The molecule has 1 heterocycles. The molecular weight excluding hydrogens is 270 g/mol. The van der Waals surface area contributed by atoms with E-state index in [1.165, 1.54) is 0 Å². The number of nitrogens with zero attached hydrogens (tertiary/aromatic N) is 1. The van der Waals surface area contributed by atoms with E-state index in [4.69, 9.17) is 9.47 Å². The highest BCUT2D eigenvalue weighted by Gasteiger charge is 2.58. The van der Waals surface area contributed by atoms with Gasteiger partial charge in [-0.3, -0.25) is 10.1 Å². The molecule has 3 rings (SSSR count). The van der Waals surface area contributed by atoms with E-state index >= 15 is 0 Å².